The van der Waals surface area contributed by atoms with Crippen LogP contribution in [0.5, 0.6) is 23.1 Å². The molecular weight excluding hydrogens is 895 g/mol. The molecule has 0 saturated carbocycles. The lowest BCUT2D eigenvalue weighted by Gasteiger charge is -2.38. The number of halogens is 3. The van der Waals surface area contributed by atoms with E-state index >= 15 is 0 Å². The molecular formula is C47H47Cl2FN8O6S. The monoisotopic (exact) mass is 940 g/mol. The number of aliphatic carboxylic acids is 1. The van der Waals surface area contributed by atoms with Gasteiger partial charge in [-0.2, -0.15) is 0 Å². The number of thiophene rings is 1. The highest BCUT2D eigenvalue weighted by molar-refractivity contribution is 7.22. The predicted octanol–water partition coefficient (Wildman–Crippen LogP) is 8.20. The van der Waals surface area contributed by atoms with Crippen molar-refractivity contribution in [3.8, 4) is 44.7 Å². The van der Waals surface area contributed by atoms with Gasteiger partial charge in [0.2, 0.25) is 17.9 Å². The van der Waals surface area contributed by atoms with E-state index < -0.39 is 24.0 Å². The molecule has 2 fully saturated rings. The number of likely N-dealkylation sites (N-methyl/N-ethyl adjacent to an activating group) is 1. The maximum Gasteiger partial charge on any atom is 0.345 e. The number of nitrogens with zero attached hydrogens (tertiary/aromatic N) is 8. The summed E-state index contributed by atoms with van der Waals surface area (Å²) in [5.74, 6) is 0.191. The van der Waals surface area contributed by atoms with E-state index in [0.29, 0.717) is 94.0 Å². The molecule has 1 N–H and O–H groups in total. The average Bonchev–Trinajstić information content (AvgIpc) is 3.68. The van der Waals surface area contributed by atoms with Gasteiger partial charge in [-0.25, -0.2) is 29.1 Å². The normalized spacial score (nSPS) is 19.4. The summed E-state index contributed by atoms with van der Waals surface area (Å²) in [5.41, 5.74) is 4.44. The smallest absolute Gasteiger partial charge is 0.345 e. The predicted molar refractivity (Wildman–Crippen MR) is 250 cm³/mol. The lowest BCUT2D eigenvalue weighted by Crippen LogP contribution is -2.49. The summed E-state index contributed by atoms with van der Waals surface area (Å²) in [4.78, 5) is 43.8. The van der Waals surface area contributed by atoms with Crippen molar-refractivity contribution in [3.05, 3.63) is 99.3 Å². The highest BCUT2D eigenvalue weighted by atomic mass is 35.5. The number of aromatic nitrogens is 4. The van der Waals surface area contributed by atoms with Crippen LogP contribution in [-0.2, 0) is 17.8 Å². The molecule has 7 heterocycles. The Morgan fingerprint density at radius 2 is 1.77 bits per heavy atom. The molecule has 6 aromatic rings. The Hall–Kier alpha value is -5.65. The fourth-order valence-corrected chi connectivity index (χ4v) is 10.1. The molecule has 18 heteroatoms. The topological polar surface area (TPSA) is 148 Å². The van der Waals surface area contributed by atoms with Crippen molar-refractivity contribution in [2.75, 3.05) is 64.9 Å². The van der Waals surface area contributed by atoms with E-state index in [1.807, 2.05) is 20.1 Å². The van der Waals surface area contributed by atoms with Gasteiger partial charge in [-0.3, -0.25) is 9.89 Å². The molecule has 0 spiro atoms. The maximum absolute atomic E-state index is 14.4. The van der Waals surface area contributed by atoms with Crippen molar-refractivity contribution in [2.45, 2.75) is 51.5 Å². The van der Waals surface area contributed by atoms with Crippen molar-refractivity contribution in [2.24, 2.45) is 4.99 Å². The first-order valence-electron chi connectivity index (χ1n) is 21.3. The maximum atomic E-state index is 14.4. The number of carbonyl (C=O) groups is 1. The second-order valence-corrected chi connectivity index (χ2v) is 18.2. The van der Waals surface area contributed by atoms with Gasteiger partial charge in [0, 0.05) is 81.2 Å². The first kappa shape index (κ1) is 44.5. The van der Waals surface area contributed by atoms with E-state index in [0.717, 1.165) is 39.1 Å². The summed E-state index contributed by atoms with van der Waals surface area (Å²) in [5, 5.41) is 11.9. The van der Waals surface area contributed by atoms with Gasteiger partial charge in [-0.15, -0.1) is 11.3 Å². The summed E-state index contributed by atoms with van der Waals surface area (Å²) < 4.78 is 40.6. The first-order valence-corrected chi connectivity index (χ1v) is 22.9. The molecule has 1 unspecified atom stereocenters. The minimum absolute atomic E-state index is 0.0331. The molecule has 14 nitrogen and oxygen atoms in total. The molecule has 2 saturated heterocycles. The third-order valence-corrected chi connectivity index (χ3v) is 14.1. The quantitative estimate of drug-likeness (QED) is 0.139. The number of aliphatic imine (C=N–C) groups is 1. The minimum Gasteiger partial charge on any atom is -0.490 e. The Kier molecular flexibility index (Phi) is 13.1. The van der Waals surface area contributed by atoms with E-state index in [9.17, 15) is 14.3 Å². The van der Waals surface area contributed by atoms with Crippen molar-refractivity contribution < 1.29 is 33.2 Å². The van der Waals surface area contributed by atoms with E-state index in [1.165, 1.54) is 29.8 Å². The third kappa shape index (κ3) is 9.27. The van der Waals surface area contributed by atoms with Crippen LogP contribution in [0.2, 0.25) is 10.0 Å². The fraction of sp³-hybridized carbons (Fsp3) is 0.362. The Labute approximate surface area is 389 Å². The van der Waals surface area contributed by atoms with E-state index in [2.05, 4.69) is 41.7 Å². The number of hydrogen-bond donors (Lipinski definition) is 1. The highest BCUT2D eigenvalue weighted by Crippen LogP contribution is 2.53. The van der Waals surface area contributed by atoms with Gasteiger partial charge in [0.15, 0.2) is 5.75 Å². The molecule has 0 aliphatic carbocycles. The van der Waals surface area contributed by atoms with Crippen LogP contribution >= 0.6 is 34.5 Å². The van der Waals surface area contributed by atoms with Crippen LogP contribution in [0.3, 0.4) is 0 Å². The number of hydrogen-bond acceptors (Lipinski definition) is 14. The van der Waals surface area contributed by atoms with Gasteiger partial charge in [-0.05, 0) is 86.0 Å². The number of anilines is 1. The van der Waals surface area contributed by atoms with Crippen molar-refractivity contribution in [1.29, 1.82) is 0 Å². The molecule has 0 amide bonds. The second-order valence-electron chi connectivity index (χ2n) is 16.4. The van der Waals surface area contributed by atoms with Crippen LogP contribution in [0.1, 0.15) is 28.8 Å². The first-order chi connectivity index (χ1) is 31.4. The molecule has 338 valence electrons. The van der Waals surface area contributed by atoms with Gasteiger partial charge in [0.1, 0.15) is 47.8 Å². The van der Waals surface area contributed by atoms with Gasteiger partial charge < -0.3 is 33.9 Å². The summed E-state index contributed by atoms with van der Waals surface area (Å²) in [6, 6.07) is 13.3. The largest absolute Gasteiger partial charge is 0.490 e. The zero-order valence-corrected chi connectivity index (χ0v) is 38.6. The fourth-order valence-electron chi connectivity index (χ4n) is 8.45. The Bertz CT molecular complexity index is 2740. The van der Waals surface area contributed by atoms with Crippen LogP contribution in [0.25, 0.3) is 31.8 Å². The average molecular weight is 942 g/mol. The Balaban J connectivity index is 1.16. The van der Waals surface area contributed by atoms with Gasteiger partial charge in [0.05, 0.1) is 27.2 Å². The second kappa shape index (κ2) is 19.1. The van der Waals surface area contributed by atoms with Crippen LogP contribution < -0.4 is 23.8 Å². The van der Waals surface area contributed by atoms with Crippen molar-refractivity contribution in [1.82, 2.24) is 29.7 Å². The SMILES string of the molecule is C/N=C/C1CCN1c1nccc(COc2ccc3cc2C[C@H](C(=O)O)Oc2ncnc4sc(-c5ccc(F)cc5)c(c24)-c2c(C)c(Cl)c(c(Cl)c2C)O[C@H](CN2CCN(C)CC2)CO3)n1. The molecule has 3 aromatic heterocycles. The summed E-state index contributed by atoms with van der Waals surface area (Å²) in [6.07, 6.45) is 3.77. The molecule has 4 aliphatic heterocycles. The van der Waals surface area contributed by atoms with Crippen molar-refractivity contribution >= 4 is 62.9 Å². The number of benzene rings is 3. The van der Waals surface area contributed by atoms with Crippen LogP contribution in [0, 0.1) is 19.7 Å². The highest BCUT2D eigenvalue weighted by Gasteiger charge is 2.33. The third-order valence-electron chi connectivity index (χ3n) is 12.1. The molecule has 3 aromatic carbocycles. The van der Waals surface area contributed by atoms with Gasteiger partial charge in [-0.1, -0.05) is 35.3 Å². The summed E-state index contributed by atoms with van der Waals surface area (Å²) in [7, 11) is 3.85. The number of rotatable bonds is 9. The molecule has 4 aliphatic rings. The zero-order valence-electron chi connectivity index (χ0n) is 36.3. The van der Waals surface area contributed by atoms with E-state index in [-0.39, 0.29) is 31.6 Å². The van der Waals surface area contributed by atoms with E-state index in [1.54, 1.807) is 49.6 Å². The van der Waals surface area contributed by atoms with Gasteiger partial charge in [0.25, 0.3) is 0 Å². The van der Waals surface area contributed by atoms with Crippen molar-refractivity contribution in [3.63, 3.8) is 0 Å². The molecule has 3 atom stereocenters. The zero-order chi connectivity index (χ0) is 45.4. The molecule has 4 bridgehead atoms. The molecule has 10 rings (SSSR count). The lowest BCUT2D eigenvalue weighted by atomic mass is 9.92. The van der Waals surface area contributed by atoms with Crippen LogP contribution in [-0.4, -0.2) is 125 Å². The summed E-state index contributed by atoms with van der Waals surface area (Å²) >= 11 is 16.0. The molecule has 65 heavy (non-hydrogen) atoms. The van der Waals surface area contributed by atoms with E-state index in [4.69, 9.17) is 47.1 Å². The number of carboxylic acids is 1. The lowest BCUT2D eigenvalue weighted by molar-refractivity contribution is -0.145. The molecule has 0 radical (unpaired) electrons. The minimum atomic E-state index is -1.46. The number of piperazine rings is 1. The van der Waals surface area contributed by atoms with Crippen LogP contribution in [0.4, 0.5) is 10.3 Å². The number of fused-ring (bicyclic) bond motifs is 7. The Morgan fingerprint density at radius 1 is 1.00 bits per heavy atom. The van der Waals surface area contributed by atoms with Crippen LogP contribution in [0.15, 0.2) is 66.0 Å². The Morgan fingerprint density at radius 3 is 2.48 bits per heavy atom. The summed E-state index contributed by atoms with van der Waals surface area (Å²) in [6.45, 7) is 8.78. The standard InChI is InChI=1S/C47H47Cl2FN8O6S/c1-26-37-27(2)41(49)42(40(26)48)63-34(22-57-17-15-56(4)16-18-57)24-61-33-9-10-35(62-23-31-11-13-52-47(55-31)58-14-12-32(58)21-51-3)29(19-33)20-36(46(59)60)64-44-39-38(37)43(65-45(39)54-25-53-44)28-5-7-30(50)8-6-28/h5-11,13,19,21,25,32,34,36H,12,14-18,20,22-24H2,1-4H3,(H,59,60)/b51-21+/t32?,34-,36-/m1/s1. The number of carboxylic acid groups (broad SMARTS) is 1. The van der Waals surface area contributed by atoms with Gasteiger partial charge >= 0.3 is 5.97 Å². The number of ether oxygens (including phenoxy) is 4.